The van der Waals surface area contributed by atoms with E-state index in [2.05, 4.69) is 6.92 Å². The van der Waals surface area contributed by atoms with Crippen molar-refractivity contribution in [1.82, 2.24) is 0 Å². The molecule has 0 aromatic rings. The van der Waals surface area contributed by atoms with E-state index < -0.39 is 8.32 Å². The van der Waals surface area contributed by atoms with E-state index >= 15 is 0 Å². The molecule has 0 amide bonds. The molecule has 0 spiro atoms. The van der Waals surface area contributed by atoms with Crippen LogP contribution in [-0.2, 0) is 14.3 Å². The Hall–Kier alpha value is -0.353. The fourth-order valence-corrected chi connectivity index (χ4v) is 3.20. The van der Waals surface area contributed by atoms with E-state index in [0.29, 0.717) is 6.42 Å². The van der Waals surface area contributed by atoms with Crippen LogP contribution in [0.25, 0.3) is 0 Å². The SMILES string of the molecule is CCCCCCCCCCCCCCCCCC(=O)OO[Si](C)(C)C. The molecule has 4 heteroatoms. The smallest absolute Gasteiger partial charge is 0.310 e. The van der Waals surface area contributed by atoms with E-state index in [-0.39, 0.29) is 5.97 Å². The molecule has 0 aromatic carbocycles. The van der Waals surface area contributed by atoms with Crippen molar-refractivity contribution in [2.24, 2.45) is 0 Å². The number of hydrogen-bond donors (Lipinski definition) is 0. The van der Waals surface area contributed by atoms with Gasteiger partial charge in [-0.3, -0.25) is 0 Å². The molecule has 0 aromatic heterocycles. The van der Waals surface area contributed by atoms with E-state index in [1.165, 1.54) is 83.5 Å². The fraction of sp³-hybridized carbons (Fsp3) is 0.952. The maximum absolute atomic E-state index is 11.5. The van der Waals surface area contributed by atoms with Crippen molar-refractivity contribution >= 4 is 14.3 Å². The molecule has 0 rings (SSSR count). The monoisotopic (exact) mass is 372 g/mol. The average molecular weight is 373 g/mol. The largest absolute Gasteiger partial charge is 0.340 e. The molecule has 0 unspecified atom stereocenters. The van der Waals surface area contributed by atoms with Crippen LogP contribution in [0.4, 0.5) is 0 Å². The minimum atomic E-state index is -1.75. The minimum Gasteiger partial charge on any atom is -0.310 e. The molecule has 0 fully saturated rings. The zero-order valence-electron chi connectivity index (χ0n) is 17.5. The third-order valence-corrected chi connectivity index (χ3v) is 4.95. The van der Waals surface area contributed by atoms with E-state index in [1.54, 1.807) is 0 Å². The summed E-state index contributed by atoms with van der Waals surface area (Å²) in [4.78, 5) is 16.3. The van der Waals surface area contributed by atoms with Crippen molar-refractivity contribution < 1.29 is 14.3 Å². The van der Waals surface area contributed by atoms with Crippen molar-refractivity contribution in [3.05, 3.63) is 0 Å². The van der Waals surface area contributed by atoms with E-state index in [9.17, 15) is 4.79 Å². The Balaban J connectivity index is 3.15. The topological polar surface area (TPSA) is 35.5 Å². The van der Waals surface area contributed by atoms with Crippen LogP contribution in [0.3, 0.4) is 0 Å². The van der Waals surface area contributed by atoms with Gasteiger partial charge in [0, 0.05) is 6.42 Å². The minimum absolute atomic E-state index is 0.211. The lowest BCUT2D eigenvalue weighted by Gasteiger charge is -2.14. The third kappa shape index (κ3) is 21.6. The Bertz CT molecular complexity index is 300. The van der Waals surface area contributed by atoms with Crippen LogP contribution < -0.4 is 0 Å². The first-order chi connectivity index (χ1) is 12.0. The second-order valence-electron chi connectivity index (χ2n) is 8.35. The number of unbranched alkanes of at least 4 members (excludes halogenated alkanes) is 14. The lowest BCUT2D eigenvalue weighted by molar-refractivity contribution is -0.219. The molecule has 0 aliphatic carbocycles. The highest BCUT2D eigenvalue weighted by molar-refractivity contribution is 6.69. The molecular formula is C21H44O3Si. The Labute approximate surface area is 158 Å². The van der Waals surface area contributed by atoms with Gasteiger partial charge in [-0.2, -0.15) is 0 Å². The highest BCUT2D eigenvalue weighted by Crippen LogP contribution is 2.14. The summed E-state index contributed by atoms with van der Waals surface area (Å²) in [5.41, 5.74) is 0. The zero-order valence-corrected chi connectivity index (χ0v) is 18.5. The van der Waals surface area contributed by atoms with Gasteiger partial charge < -0.3 is 4.89 Å². The van der Waals surface area contributed by atoms with Crippen molar-refractivity contribution in [2.45, 2.75) is 129 Å². The summed E-state index contributed by atoms with van der Waals surface area (Å²) in [5, 5.41) is 0. The van der Waals surface area contributed by atoms with Gasteiger partial charge in [-0.1, -0.05) is 96.8 Å². The molecule has 0 aliphatic rings. The van der Waals surface area contributed by atoms with Crippen LogP contribution in [0.1, 0.15) is 110 Å². The molecule has 0 aliphatic heterocycles. The summed E-state index contributed by atoms with van der Waals surface area (Å²) >= 11 is 0. The number of carbonyl (C=O) groups excluding carboxylic acids is 1. The lowest BCUT2D eigenvalue weighted by Crippen LogP contribution is -2.27. The van der Waals surface area contributed by atoms with E-state index in [1.807, 2.05) is 19.6 Å². The quantitative estimate of drug-likeness (QED) is 0.108. The molecule has 0 saturated heterocycles. The summed E-state index contributed by atoms with van der Waals surface area (Å²) in [6, 6.07) is 0. The van der Waals surface area contributed by atoms with Gasteiger partial charge in [0.05, 0.1) is 0 Å². The van der Waals surface area contributed by atoms with Gasteiger partial charge in [-0.15, -0.1) is 0 Å². The van der Waals surface area contributed by atoms with Gasteiger partial charge in [-0.05, 0) is 26.1 Å². The molecular weight excluding hydrogens is 328 g/mol. The Morgan fingerprint density at radius 1 is 0.640 bits per heavy atom. The summed E-state index contributed by atoms with van der Waals surface area (Å²) in [6.07, 6.45) is 20.5. The highest BCUT2D eigenvalue weighted by Gasteiger charge is 2.18. The van der Waals surface area contributed by atoms with Crippen LogP contribution in [0.5, 0.6) is 0 Å². The predicted octanol–water partition coefficient (Wildman–Crippen LogP) is 7.56. The van der Waals surface area contributed by atoms with Crippen LogP contribution in [0.15, 0.2) is 0 Å². The maximum atomic E-state index is 11.5. The van der Waals surface area contributed by atoms with E-state index in [0.717, 1.165) is 12.8 Å². The van der Waals surface area contributed by atoms with Crippen molar-refractivity contribution in [3.8, 4) is 0 Å². The maximum Gasteiger partial charge on any atom is 0.340 e. The molecule has 0 radical (unpaired) electrons. The molecule has 0 atom stereocenters. The molecule has 150 valence electrons. The Morgan fingerprint density at radius 3 is 1.36 bits per heavy atom. The fourth-order valence-electron chi connectivity index (χ4n) is 2.85. The molecule has 0 N–H and O–H groups in total. The van der Waals surface area contributed by atoms with Crippen LogP contribution in [0, 0.1) is 0 Å². The normalized spacial score (nSPS) is 11.7. The summed E-state index contributed by atoms with van der Waals surface area (Å²) in [7, 11) is -1.75. The van der Waals surface area contributed by atoms with Crippen molar-refractivity contribution in [3.63, 3.8) is 0 Å². The summed E-state index contributed by atoms with van der Waals surface area (Å²) < 4.78 is 5.16. The van der Waals surface area contributed by atoms with E-state index in [4.69, 9.17) is 9.46 Å². The van der Waals surface area contributed by atoms with Gasteiger partial charge in [0.1, 0.15) is 0 Å². The standard InChI is InChI=1S/C21H44O3Si/c1-5-6-7-8-9-10-11-12-13-14-15-16-17-18-19-20-21(22)23-24-25(2,3)4/h5-20H2,1-4H3. The number of carbonyl (C=O) groups is 1. The molecule has 0 saturated carbocycles. The zero-order chi connectivity index (χ0) is 18.8. The van der Waals surface area contributed by atoms with Gasteiger partial charge in [0.2, 0.25) is 8.32 Å². The van der Waals surface area contributed by atoms with Crippen LogP contribution in [-0.4, -0.2) is 14.3 Å². The predicted molar refractivity (Wildman–Crippen MR) is 110 cm³/mol. The van der Waals surface area contributed by atoms with Crippen molar-refractivity contribution in [2.75, 3.05) is 0 Å². The van der Waals surface area contributed by atoms with Crippen molar-refractivity contribution in [1.29, 1.82) is 0 Å². The molecule has 25 heavy (non-hydrogen) atoms. The highest BCUT2D eigenvalue weighted by atomic mass is 28.4. The second kappa shape index (κ2) is 17.1. The first kappa shape index (κ1) is 24.6. The van der Waals surface area contributed by atoms with Gasteiger partial charge in [0.25, 0.3) is 0 Å². The first-order valence-corrected chi connectivity index (χ1v) is 14.2. The second-order valence-corrected chi connectivity index (χ2v) is 12.7. The van der Waals surface area contributed by atoms with Gasteiger partial charge in [-0.25, -0.2) is 9.37 Å². The summed E-state index contributed by atoms with van der Waals surface area (Å²) in [5.74, 6) is -0.211. The number of hydrogen-bond acceptors (Lipinski definition) is 3. The summed E-state index contributed by atoms with van der Waals surface area (Å²) in [6.45, 7) is 8.30. The average Bonchev–Trinajstić information content (AvgIpc) is 2.56. The lowest BCUT2D eigenvalue weighted by atomic mass is 10.0. The Kier molecular flexibility index (Phi) is 16.8. The van der Waals surface area contributed by atoms with Crippen LogP contribution >= 0.6 is 0 Å². The Morgan fingerprint density at radius 2 is 1.00 bits per heavy atom. The van der Waals surface area contributed by atoms with Gasteiger partial charge >= 0.3 is 5.97 Å². The molecule has 3 nitrogen and oxygen atoms in total. The molecule has 0 heterocycles. The third-order valence-electron chi connectivity index (χ3n) is 4.37. The number of rotatable bonds is 18. The molecule has 0 bridgehead atoms. The first-order valence-electron chi connectivity index (χ1n) is 10.8. The van der Waals surface area contributed by atoms with Gasteiger partial charge in [0.15, 0.2) is 0 Å². The van der Waals surface area contributed by atoms with Crippen LogP contribution in [0.2, 0.25) is 19.6 Å².